The van der Waals surface area contributed by atoms with Crippen molar-refractivity contribution in [2.45, 2.75) is 0 Å². The van der Waals surface area contributed by atoms with Gasteiger partial charge in [-0.2, -0.15) is 0 Å². The first-order valence-corrected chi connectivity index (χ1v) is 13.4. The molecule has 1 aromatic heterocycles. The molecule has 0 N–H and O–H groups in total. The van der Waals surface area contributed by atoms with Crippen LogP contribution < -0.4 is 4.90 Å². The summed E-state index contributed by atoms with van der Waals surface area (Å²) in [7, 11) is 0. The molecule has 44 heavy (non-hydrogen) atoms. The van der Waals surface area contributed by atoms with Crippen LogP contribution in [0.3, 0.4) is 0 Å². The quantitative estimate of drug-likeness (QED) is 0.205. The van der Waals surface area contributed by atoms with E-state index in [2.05, 4.69) is 0 Å². The first-order chi connectivity index (χ1) is 30.1. The molecular weight excluding hydrogens is 534 g/mol. The van der Waals surface area contributed by atoms with Crippen LogP contribution >= 0.6 is 0 Å². The molecule has 1 heterocycles. The summed E-state index contributed by atoms with van der Waals surface area (Å²) in [6.45, 7) is 0. The van der Waals surface area contributed by atoms with Crippen molar-refractivity contribution in [2.24, 2.45) is 0 Å². The Morgan fingerprint density at radius 3 is 2.05 bits per heavy atom. The normalized spacial score (nSPS) is 18.0. The number of fused-ring (bicyclic) bond motifs is 7. The fourth-order valence-corrected chi connectivity index (χ4v) is 5.33. The van der Waals surface area contributed by atoms with Crippen molar-refractivity contribution in [3.63, 3.8) is 0 Å². The number of hydrogen-bond acceptors (Lipinski definition) is 2. The summed E-state index contributed by atoms with van der Waals surface area (Å²) in [6.07, 6.45) is 0. The molecule has 0 fully saturated rings. The lowest BCUT2D eigenvalue weighted by molar-refractivity contribution is 0.672. The second kappa shape index (κ2) is 9.86. The molecular formula is C42H27NO. The van der Waals surface area contributed by atoms with E-state index in [0.717, 1.165) is 5.39 Å². The fourth-order valence-electron chi connectivity index (χ4n) is 5.33. The van der Waals surface area contributed by atoms with Crippen LogP contribution in [0.1, 0.15) is 27.4 Å². The van der Waals surface area contributed by atoms with Crippen LogP contribution in [0.4, 0.5) is 17.1 Å². The second-order valence-corrected chi connectivity index (χ2v) is 9.83. The zero-order valence-electron chi connectivity index (χ0n) is 42.4. The van der Waals surface area contributed by atoms with E-state index in [0.29, 0.717) is 10.3 Å². The van der Waals surface area contributed by atoms with Crippen molar-refractivity contribution in [3.05, 3.63) is 163 Å². The highest BCUT2D eigenvalue weighted by Gasteiger charge is 2.21. The third-order valence-electron chi connectivity index (χ3n) is 7.34. The topological polar surface area (TPSA) is 16.4 Å². The van der Waals surface area contributed by atoms with E-state index in [1.54, 1.807) is 30.3 Å². The molecule has 0 amide bonds. The van der Waals surface area contributed by atoms with Crippen molar-refractivity contribution in [2.75, 3.05) is 4.90 Å². The maximum atomic E-state index is 9.59. The number of furan rings is 1. The second-order valence-electron chi connectivity index (χ2n) is 9.83. The van der Waals surface area contributed by atoms with Gasteiger partial charge in [-0.05, 0) is 75.0 Å². The predicted octanol–water partition coefficient (Wildman–Crippen LogP) is 12.2. The Kier molecular flexibility index (Phi) is 2.70. The number of benzene rings is 8. The summed E-state index contributed by atoms with van der Waals surface area (Å²) in [5.41, 5.74) is -3.34. The third-order valence-corrected chi connectivity index (χ3v) is 7.34. The van der Waals surface area contributed by atoms with Crippen molar-refractivity contribution >= 4 is 71.3 Å². The molecule has 9 aromatic rings. The lowest BCUT2D eigenvalue weighted by Gasteiger charge is -2.27. The van der Waals surface area contributed by atoms with E-state index in [4.69, 9.17) is 22.2 Å². The van der Waals surface area contributed by atoms with Gasteiger partial charge in [0.25, 0.3) is 0 Å². The van der Waals surface area contributed by atoms with E-state index >= 15 is 0 Å². The Bertz CT molecular complexity index is 3600. The number of rotatable bonds is 4. The zero-order valence-corrected chi connectivity index (χ0v) is 22.4. The third kappa shape index (κ3) is 3.89. The molecule has 0 atom stereocenters. The van der Waals surface area contributed by atoms with Gasteiger partial charge in [-0.1, -0.05) is 121 Å². The van der Waals surface area contributed by atoms with E-state index in [9.17, 15) is 9.60 Å². The molecule has 206 valence electrons. The highest BCUT2D eigenvalue weighted by Crippen LogP contribution is 2.46. The van der Waals surface area contributed by atoms with Crippen molar-refractivity contribution < 1.29 is 31.8 Å². The summed E-state index contributed by atoms with van der Waals surface area (Å²) in [5.74, 6) is 0. The van der Waals surface area contributed by atoms with Gasteiger partial charge in [-0.25, -0.2) is 0 Å². The molecule has 0 spiro atoms. The fraction of sp³-hybridized carbons (Fsp3) is 0. The molecule has 2 heteroatoms. The van der Waals surface area contributed by atoms with Crippen LogP contribution in [0, 0.1) is 0 Å². The highest BCUT2D eigenvalue weighted by atomic mass is 16.3. The van der Waals surface area contributed by atoms with Gasteiger partial charge in [0.05, 0.1) is 44.2 Å². The van der Waals surface area contributed by atoms with Crippen LogP contribution in [0.5, 0.6) is 0 Å². The minimum absolute atomic E-state index is 0.189. The first kappa shape index (κ1) is 12.0. The van der Waals surface area contributed by atoms with Gasteiger partial charge in [0.15, 0.2) is 0 Å². The lowest BCUT2D eigenvalue weighted by Crippen LogP contribution is -2.10. The molecule has 0 aliphatic rings. The Morgan fingerprint density at radius 1 is 0.477 bits per heavy atom. The van der Waals surface area contributed by atoms with Gasteiger partial charge in [0.2, 0.25) is 0 Å². The van der Waals surface area contributed by atoms with E-state index in [1.165, 1.54) is 0 Å². The maximum Gasteiger partial charge on any atom is 0.143 e. The molecule has 0 bridgehead atoms. The number of hydrogen-bond donors (Lipinski definition) is 0. The van der Waals surface area contributed by atoms with E-state index in [-0.39, 0.29) is 11.1 Å². The van der Waals surface area contributed by atoms with Gasteiger partial charge in [-0.15, -0.1) is 0 Å². The molecule has 0 unspecified atom stereocenters. The van der Waals surface area contributed by atoms with Gasteiger partial charge in [-0.3, -0.25) is 0 Å². The smallest absolute Gasteiger partial charge is 0.143 e. The lowest BCUT2D eigenvalue weighted by atomic mass is 10.00. The Balaban J connectivity index is 1.56. The summed E-state index contributed by atoms with van der Waals surface area (Å²) >= 11 is 0. The van der Waals surface area contributed by atoms with Gasteiger partial charge in [0.1, 0.15) is 11.2 Å². The maximum absolute atomic E-state index is 9.59. The van der Waals surface area contributed by atoms with Crippen LogP contribution in [-0.2, 0) is 0 Å². The Labute approximate surface area is 283 Å². The Hall–Kier alpha value is -5.86. The van der Waals surface area contributed by atoms with E-state index in [1.807, 2.05) is 12.1 Å². The molecule has 2 nitrogen and oxygen atoms in total. The molecule has 0 radical (unpaired) electrons. The zero-order chi connectivity index (χ0) is 46.4. The molecule has 0 saturated carbocycles. The molecule has 8 aromatic carbocycles. The van der Waals surface area contributed by atoms with Crippen molar-refractivity contribution in [1.29, 1.82) is 0 Å². The first-order valence-electron chi connectivity index (χ1n) is 23.4. The predicted molar refractivity (Wildman–Crippen MR) is 186 cm³/mol. The Morgan fingerprint density at radius 2 is 1.18 bits per heavy atom. The average Bonchev–Trinajstić information content (AvgIpc) is 3.67. The van der Waals surface area contributed by atoms with Crippen LogP contribution in [0.25, 0.3) is 65.4 Å². The molecule has 0 saturated heterocycles. The molecule has 9 rings (SSSR count). The average molecular weight is 582 g/mol. The highest BCUT2D eigenvalue weighted by molar-refractivity contribution is 6.20. The van der Waals surface area contributed by atoms with Gasteiger partial charge < -0.3 is 9.32 Å². The summed E-state index contributed by atoms with van der Waals surface area (Å²) in [5, 5.41) is -1.56. The standard InChI is InChI=1S/C42H27NO/c1-2-12-32-27-33(20-19-28(32)9-1)29-21-24-34(25-22-29)43(38-16-7-13-30-10-3-5-14-35(30)38)39-17-8-18-40-41(39)37-26-23-31-11-4-6-15-36(31)42(37)44-40/h1-27H/i3D,4D,5D,6D,7D,8D,10D,11D,13D,14D,15D,16D,17D,18D,21D,22D,23D,24D,25D,26D. The minimum Gasteiger partial charge on any atom is -0.455 e. The van der Waals surface area contributed by atoms with Crippen molar-refractivity contribution in [1.82, 2.24) is 0 Å². The molecule has 0 aliphatic heterocycles. The van der Waals surface area contributed by atoms with Crippen molar-refractivity contribution in [3.8, 4) is 11.1 Å². The minimum atomic E-state index is -0.966. The largest absolute Gasteiger partial charge is 0.455 e. The number of nitrogens with zero attached hydrogens (tertiary/aromatic N) is 1. The van der Waals surface area contributed by atoms with Crippen LogP contribution in [-0.4, -0.2) is 0 Å². The number of anilines is 3. The SMILES string of the molecule is [2H]c1c([2H])c(N(c2c([2H])c([2H])c([2H])c3c([2H])c([2H])c([2H])c([2H])c23)c2c([2H])c([2H])c([2H])c3oc4c5c([2H])c([2H])c([2H])c([2H])c5c([2H])c([2H])c4c23)c([2H])c([2H])c1-c1ccc2ccccc2c1. The van der Waals surface area contributed by atoms with Gasteiger partial charge >= 0.3 is 0 Å². The van der Waals surface area contributed by atoms with Crippen LogP contribution in [0.15, 0.2) is 168 Å². The monoisotopic (exact) mass is 581 g/mol. The summed E-state index contributed by atoms with van der Waals surface area (Å²) in [4.78, 5) is 0.707. The molecule has 0 aliphatic carbocycles. The van der Waals surface area contributed by atoms with Gasteiger partial charge in [0, 0.05) is 21.8 Å². The summed E-state index contributed by atoms with van der Waals surface area (Å²) in [6, 6.07) is -4.06. The van der Waals surface area contributed by atoms with Crippen LogP contribution in [0.2, 0.25) is 0 Å². The van der Waals surface area contributed by atoms with E-state index < -0.39 is 181 Å². The summed E-state index contributed by atoms with van der Waals surface area (Å²) < 4.78 is 186.